The van der Waals surface area contributed by atoms with Crippen molar-refractivity contribution in [1.29, 1.82) is 0 Å². The summed E-state index contributed by atoms with van der Waals surface area (Å²) in [4.78, 5) is 31.8. The first-order valence-corrected chi connectivity index (χ1v) is 12.3. The Hall–Kier alpha value is -3.77. The van der Waals surface area contributed by atoms with Crippen molar-refractivity contribution in [2.75, 3.05) is 23.3 Å². The van der Waals surface area contributed by atoms with Crippen LogP contribution in [-0.2, 0) is 9.53 Å². The van der Waals surface area contributed by atoms with Crippen LogP contribution < -0.4 is 20.7 Å². The van der Waals surface area contributed by atoms with E-state index in [0.29, 0.717) is 42.3 Å². The minimum absolute atomic E-state index is 0.0333. The van der Waals surface area contributed by atoms with Crippen molar-refractivity contribution in [1.82, 2.24) is 15.2 Å². The van der Waals surface area contributed by atoms with E-state index in [9.17, 15) is 18.4 Å². The number of anilines is 2. The van der Waals surface area contributed by atoms with Crippen LogP contribution in [0.2, 0.25) is 0 Å². The largest absolute Gasteiger partial charge is 0.487 e. The van der Waals surface area contributed by atoms with Gasteiger partial charge in [-0.2, -0.15) is 5.10 Å². The van der Waals surface area contributed by atoms with Gasteiger partial charge in [0.1, 0.15) is 23.7 Å². The maximum atomic E-state index is 12.9. The fraction of sp³-hybridized carbons (Fsp3) is 0.360. The van der Waals surface area contributed by atoms with Crippen molar-refractivity contribution in [2.45, 2.75) is 38.0 Å². The zero-order valence-corrected chi connectivity index (χ0v) is 21.4. The van der Waals surface area contributed by atoms with Crippen LogP contribution in [0.25, 0.3) is 11.3 Å². The van der Waals surface area contributed by atoms with E-state index in [1.165, 1.54) is 30.5 Å². The van der Waals surface area contributed by atoms with E-state index in [2.05, 4.69) is 25.2 Å². The van der Waals surface area contributed by atoms with Crippen LogP contribution in [-0.4, -0.2) is 57.9 Å². The van der Waals surface area contributed by atoms with E-state index in [-0.39, 0.29) is 23.3 Å². The molecular formula is C25H27ClF2N6O4. The molecule has 1 aliphatic rings. The summed E-state index contributed by atoms with van der Waals surface area (Å²) >= 11 is 4.77. The Morgan fingerprint density at radius 1 is 1.26 bits per heavy atom. The molecule has 0 saturated carbocycles. The zero-order valence-electron chi connectivity index (χ0n) is 20.7. The van der Waals surface area contributed by atoms with Gasteiger partial charge in [-0.25, -0.2) is 4.98 Å². The molecule has 2 atom stereocenters. The number of pyridine rings is 1. The number of aromatic nitrogens is 3. The van der Waals surface area contributed by atoms with Crippen LogP contribution in [0.3, 0.4) is 0 Å². The Morgan fingerprint density at radius 3 is 2.63 bits per heavy atom. The first-order chi connectivity index (χ1) is 18.0. The highest BCUT2D eigenvalue weighted by Crippen LogP contribution is 2.32. The lowest BCUT2D eigenvalue weighted by Crippen LogP contribution is -2.39. The molecule has 0 radical (unpaired) electrons. The molecule has 4 rings (SSSR count). The molecule has 4 N–H and O–H groups in total. The molecule has 1 saturated heterocycles. The van der Waals surface area contributed by atoms with Crippen molar-refractivity contribution in [3.63, 3.8) is 0 Å². The molecule has 13 heteroatoms. The fourth-order valence-corrected chi connectivity index (χ4v) is 4.00. The van der Waals surface area contributed by atoms with E-state index in [4.69, 9.17) is 22.1 Å². The number of halogens is 3. The minimum atomic E-state index is -3.83. The van der Waals surface area contributed by atoms with Crippen molar-refractivity contribution in [2.24, 2.45) is 11.7 Å². The van der Waals surface area contributed by atoms with E-state index < -0.39 is 23.5 Å². The molecule has 3 heterocycles. The Morgan fingerprint density at radius 2 is 2.00 bits per heavy atom. The summed E-state index contributed by atoms with van der Waals surface area (Å²) in [5, 5.41) is 9.59. The van der Waals surface area contributed by atoms with Gasteiger partial charge in [0.15, 0.2) is 0 Å². The number of hydrogen-bond donors (Lipinski definition) is 3. The monoisotopic (exact) mass is 548 g/mol. The Balaban J connectivity index is 1.49. The van der Waals surface area contributed by atoms with Crippen LogP contribution in [0.5, 0.6) is 5.75 Å². The minimum Gasteiger partial charge on any atom is -0.459 e. The summed E-state index contributed by atoms with van der Waals surface area (Å²) < 4.78 is 35.5. The standard InChI is InChI=1S/C25H27ClF2N6O4/c1-14(2)21(29)24(36)37-18-8-10-34(13-18)22-19(20-7-9-31-33-20)11-15(12-30-22)23(35)32-16-3-5-17(6-4-16)38-25(26,27)28/h3-7,9,11-12,14,18,21H,8,10,13,29H2,1-2H3,(H,31,33)(H,32,35)/t18-,21?/m0/s1. The molecule has 1 unspecified atom stereocenters. The quantitative estimate of drug-likeness (QED) is 0.270. The molecule has 38 heavy (non-hydrogen) atoms. The highest BCUT2D eigenvalue weighted by atomic mass is 35.5. The average Bonchev–Trinajstić information content (AvgIpc) is 3.56. The Kier molecular flexibility index (Phi) is 8.12. The number of carbonyl (C=O) groups is 2. The van der Waals surface area contributed by atoms with Gasteiger partial charge in [-0.15, -0.1) is 8.78 Å². The third-order valence-corrected chi connectivity index (χ3v) is 6.06. The number of amides is 1. The predicted molar refractivity (Wildman–Crippen MR) is 137 cm³/mol. The number of hydrogen-bond acceptors (Lipinski definition) is 8. The van der Waals surface area contributed by atoms with E-state index >= 15 is 0 Å². The predicted octanol–water partition coefficient (Wildman–Crippen LogP) is 4.00. The van der Waals surface area contributed by atoms with Gasteiger partial charge in [-0.1, -0.05) is 13.8 Å². The number of alkyl halides is 3. The van der Waals surface area contributed by atoms with Crippen LogP contribution in [0.15, 0.2) is 48.8 Å². The van der Waals surface area contributed by atoms with Crippen LogP contribution in [0, 0.1) is 5.92 Å². The number of H-pyrrole nitrogens is 1. The maximum absolute atomic E-state index is 12.9. The van der Waals surface area contributed by atoms with Crippen molar-refractivity contribution >= 4 is 35.0 Å². The van der Waals surface area contributed by atoms with Gasteiger partial charge in [-0.3, -0.25) is 14.7 Å². The molecule has 0 bridgehead atoms. The number of nitrogens with zero attached hydrogens (tertiary/aromatic N) is 3. The molecule has 2 aromatic heterocycles. The second kappa shape index (κ2) is 11.3. The summed E-state index contributed by atoms with van der Waals surface area (Å²) in [7, 11) is 0. The van der Waals surface area contributed by atoms with Crippen LogP contribution in [0.1, 0.15) is 30.6 Å². The van der Waals surface area contributed by atoms with Gasteiger partial charge in [0.25, 0.3) is 5.91 Å². The zero-order chi connectivity index (χ0) is 27.4. The fourth-order valence-electron chi connectivity index (χ4n) is 3.91. The topological polar surface area (TPSA) is 135 Å². The molecule has 1 amide bonds. The van der Waals surface area contributed by atoms with E-state index in [1.807, 2.05) is 18.7 Å². The molecule has 3 aromatic rings. The lowest BCUT2D eigenvalue weighted by molar-refractivity contribution is -0.150. The number of esters is 1. The highest BCUT2D eigenvalue weighted by molar-refractivity contribution is 6.20. The molecule has 0 aliphatic carbocycles. The van der Waals surface area contributed by atoms with Gasteiger partial charge >= 0.3 is 11.5 Å². The number of carbonyl (C=O) groups excluding carboxylic acids is 2. The first kappa shape index (κ1) is 27.3. The second-order valence-electron chi connectivity index (χ2n) is 9.16. The third kappa shape index (κ3) is 6.75. The molecule has 0 spiro atoms. The summed E-state index contributed by atoms with van der Waals surface area (Å²) in [6.45, 7) is 4.73. The Bertz CT molecular complexity index is 1270. The normalized spacial score (nSPS) is 16.4. The van der Waals surface area contributed by atoms with Gasteiger partial charge in [0, 0.05) is 48.2 Å². The average molecular weight is 549 g/mol. The molecule has 1 aliphatic heterocycles. The van der Waals surface area contributed by atoms with Gasteiger partial charge < -0.3 is 25.4 Å². The van der Waals surface area contributed by atoms with Gasteiger partial charge in [0.2, 0.25) is 0 Å². The number of rotatable bonds is 9. The Labute approximate surface area is 222 Å². The number of nitrogens with two attached hydrogens (primary N) is 1. The number of nitrogens with one attached hydrogen (secondary N) is 2. The lowest BCUT2D eigenvalue weighted by Gasteiger charge is -2.22. The first-order valence-electron chi connectivity index (χ1n) is 11.9. The molecule has 1 aromatic carbocycles. The van der Waals surface area contributed by atoms with Gasteiger partial charge in [-0.05, 0) is 42.3 Å². The highest BCUT2D eigenvalue weighted by Gasteiger charge is 2.31. The third-order valence-electron chi connectivity index (χ3n) is 5.98. The van der Waals surface area contributed by atoms with Gasteiger partial charge in [0.05, 0.1) is 17.8 Å². The van der Waals surface area contributed by atoms with E-state index in [1.54, 1.807) is 18.3 Å². The maximum Gasteiger partial charge on any atom is 0.487 e. The summed E-state index contributed by atoms with van der Waals surface area (Å²) in [5.74, 6) is -0.486. The SMILES string of the molecule is CC(C)C(N)C(=O)O[C@H]1CCN(c2ncc(C(=O)Nc3ccc(OC(F)(F)Cl)cc3)cc2-c2ccn[nH]2)C1. The van der Waals surface area contributed by atoms with Crippen molar-refractivity contribution in [3.05, 3.63) is 54.4 Å². The van der Waals surface area contributed by atoms with Crippen molar-refractivity contribution in [3.8, 4) is 17.0 Å². The number of aromatic amines is 1. The molecule has 10 nitrogen and oxygen atoms in total. The number of benzene rings is 1. The van der Waals surface area contributed by atoms with Crippen LogP contribution >= 0.6 is 11.6 Å². The summed E-state index contributed by atoms with van der Waals surface area (Å²) in [6, 6.07) is 8.06. The van der Waals surface area contributed by atoms with Crippen LogP contribution in [0.4, 0.5) is 20.3 Å². The van der Waals surface area contributed by atoms with Crippen molar-refractivity contribution < 1.29 is 27.8 Å². The lowest BCUT2D eigenvalue weighted by atomic mass is 10.1. The van der Waals surface area contributed by atoms with E-state index in [0.717, 1.165) is 0 Å². The smallest absolute Gasteiger partial charge is 0.459 e. The second-order valence-corrected chi connectivity index (χ2v) is 9.60. The molecular weight excluding hydrogens is 522 g/mol. The molecule has 202 valence electrons. The summed E-state index contributed by atoms with van der Waals surface area (Å²) in [5.41, 5.74) is 3.98. The summed E-state index contributed by atoms with van der Waals surface area (Å²) in [6.07, 6.45) is 3.29. The number of ether oxygens (including phenoxy) is 2. The molecule has 1 fully saturated rings.